The number of hydrogen-bond acceptors (Lipinski definition) is 2. The molecule has 74 valence electrons. The monoisotopic (exact) mass is 189 g/mol. The molecule has 0 saturated carbocycles. The first kappa shape index (κ1) is 9.28. The van der Waals surface area contributed by atoms with Gasteiger partial charge < -0.3 is 10.2 Å². The lowest BCUT2D eigenvalue weighted by Gasteiger charge is -2.11. The lowest BCUT2D eigenvalue weighted by molar-refractivity contribution is 0.418. The minimum atomic E-state index is -0.0117. The van der Waals surface area contributed by atoms with Crippen LogP contribution >= 0.6 is 0 Å². The topological polar surface area (TPSA) is 39.2 Å². The molecule has 14 heavy (non-hydrogen) atoms. The molecular formula is C12H15NO. The SMILES string of the molecule is CC(C)C(N)c1cc2ccccc2o1. The zero-order valence-electron chi connectivity index (χ0n) is 8.53. The number of fused-ring (bicyclic) bond motifs is 1. The first-order chi connectivity index (χ1) is 6.68. The van der Waals surface area contributed by atoms with Gasteiger partial charge in [0.05, 0.1) is 6.04 Å². The van der Waals surface area contributed by atoms with E-state index in [4.69, 9.17) is 10.2 Å². The molecule has 0 aliphatic heterocycles. The summed E-state index contributed by atoms with van der Waals surface area (Å²) in [6.45, 7) is 4.19. The highest BCUT2D eigenvalue weighted by Gasteiger charge is 2.14. The smallest absolute Gasteiger partial charge is 0.134 e. The highest BCUT2D eigenvalue weighted by molar-refractivity contribution is 5.77. The Hall–Kier alpha value is -1.28. The third kappa shape index (κ3) is 1.53. The van der Waals surface area contributed by atoms with Crippen LogP contribution in [0.3, 0.4) is 0 Å². The van der Waals surface area contributed by atoms with E-state index < -0.39 is 0 Å². The second-order valence-electron chi connectivity index (χ2n) is 3.96. The molecule has 1 heterocycles. The van der Waals surface area contributed by atoms with E-state index in [2.05, 4.69) is 13.8 Å². The summed E-state index contributed by atoms with van der Waals surface area (Å²) < 4.78 is 5.67. The molecule has 0 bridgehead atoms. The predicted molar refractivity (Wildman–Crippen MR) is 58.0 cm³/mol. The Morgan fingerprint density at radius 1 is 1.21 bits per heavy atom. The van der Waals surface area contributed by atoms with Crippen LogP contribution in [0.5, 0.6) is 0 Å². The molecular weight excluding hydrogens is 174 g/mol. The van der Waals surface area contributed by atoms with Crippen molar-refractivity contribution >= 4 is 11.0 Å². The Balaban J connectivity index is 2.45. The van der Waals surface area contributed by atoms with E-state index in [9.17, 15) is 0 Å². The number of benzene rings is 1. The third-order valence-corrected chi connectivity index (χ3v) is 2.49. The van der Waals surface area contributed by atoms with Gasteiger partial charge in [0.2, 0.25) is 0 Å². The lowest BCUT2D eigenvalue weighted by atomic mass is 10.0. The second kappa shape index (κ2) is 3.46. The lowest BCUT2D eigenvalue weighted by Crippen LogP contribution is -2.15. The Morgan fingerprint density at radius 3 is 2.57 bits per heavy atom. The third-order valence-electron chi connectivity index (χ3n) is 2.49. The van der Waals surface area contributed by atoms with Gasteiger partial charge in [0.15, 0.2) is 0 Å². The Bertz CT molecular complexity index is 398. The van der Waals surface area contributed by atoms with Gasteiger partial charge in [-0.25, -0.2) is 0 Å². The number of rotatable bonds is 2. The van der Waals surface area contributed by atoms with E-state index in [1.54, 1.807) is 0 Å². The molecule has 2 rings (SSSR count). The Labute approximate surface area is 83.7 Å². The zero-order valence-corrected chi connectivity index (χ0v) is 8.53. The van der Waals surface area contributed by atoms with Crippen LogP contribution in [0.25, 0.3) is 11.0 Å². The van der Waals surface area contributed by atoms with Crippen molar-refractivity contribution in [3.63, 3.8) is 0 Å². The Kier molecular flexibility index (Phi) is 2.30. The molecule has 1 atom stereocenters. The van der Waals surface area contributed by atoms with Gasteiger partial charge in [0, 0.05) is 5.39 Å². The van der Waals surface area contributed by atoms with Crippen LogP contribution in [0.15, 0.2) is 34.7 Å². The summed E-state index contributed by atoms with van der Waals surface area (Å²) >= 11 is 0. The zero-order chi connectivity index (χ0) is 10.1. The van der Waals surface area contributed by atoms with Crippen molar-refractivity contribution in [1.82, 2.24) is 0 Å². The van der Waals surface area contributed by atoms with Crippen LogP contribution in [0.2, 0.25) is 0 Å². The van der Waals surface area contributed by atoms with E-state index >= 15 is 0 Å². The van der Waals surface area contributed by atoms with E-state index in [0.717, 1.165) is 16.7 Å². The van der Waals surface area contributed by atoms with Crippen molar-refractivity contribution in [1.29, 1.82) is 0 Å². The van der Waals surface area contributed by atoms with Gasteiger partial charge in [-0.15, -0.1) is 0 Å². The van der Waals surface area contributed by atoms with Gasteiger partial charge in [-0.1, -0.05) is 32.0 Å². The first-order valence-electron chi connectivity index (χ1n) is 4.92. The molecule has 0 fully saturated rings. The van der Waals surface area contributed by atoms with Crippen molar-refractivity contribution in [2.75, 3.05) is 0 Å². The largest absolute Gasteiger partial charge is 0.459 e. The first-order valence-corrected chi connectivity index (χ1v) is 4.92. The quantitative estimate of drug-likeness (QED) is 0.788. The molecule has 0 radical (unpaired) electrons. The molecule has 0 amide bonds. The van der Waals surface area contributed by atoms with Gasteiger partial charge in [0.25, 0.3) is 0 Å². The fraction of sp³-hybridized carbons (Fsp3) is 0.333. The van der Waals surface area contributed by atoms with Crippen LogP contribution in [-0.2, 0) is 0 Å². The van der Waals surface area contributed by atoms with Gasteiger partial charge >= 0.3 is 0 Å². The molecule has 2 nitrogen and oxygen atoms in total. The summed E-state index contributed by atoms with van der Waals surface area (Å²) in [7, 11) is 0. The van der Waals surface area contributed by atoms with E-state index in [1.165, 1.54) is 0 Å². The molecule has 0 saturated heterocycles. The molecule has 0 aliphatic carbocycles. The normalized spacial score (nSPS) is 13.7. The molecule has 0 spiro atoms. The van der Waals surface area contributed by atoms with Crippen LogP contribution in [0.1, 0.15) is 25.6 Å². The van der Waals surface area contributed by atoms with Crippen LogP contribution < -0.4 is 5.73 Å². The highest BCUT2D eigenvalue weighted by atomic mass is 16.3. The molecule has 2 N–H and O–H groups in total. The minimum Gasteiger partial charge on any atom is -0.459 e. The fourth-order valence-electron chi connectivity index (χ4n) is 1.50. The van der Waals surface area contributed by atoms with Crippen molar-refractivity contribution in [2.45, 2.75) is 19.9 Å². The fourth-order valence-corrected chi connectivity index (χ4v) is 1.50. The average molecular weight is 189 g/mol. The minimum absolute atomic E-state index is 0.0117. The van der Waals surface area contributed by atoms with Crippen molar-refractivity contribution in [3.8, 4) is 0 Å². The van der Waals surface area contributed by atoms with Crippen LogP contribution in [0.4, 0.5) is 0 Å². The van der Waals surface area contributed by atoms with Gasteiger partial charge in [-0.05, 0) is 18.1 Å². The van der Waals surface area contributed by atoms with E-state index in [0.29, 0.717) is 5.92 Å². The molecule has 2 aromatic rings. The van der Waals surface area contributed by atoms with Crippen molar-refractivity contribution in [3.05, 3.63) is 36.1 Å². The number of nitrogens with two attached hydrogens (primary N) is 1. The van der Waals surface area contributed by atoms with Gasteiger partial charge in [-0.3, -0.25) is 0 Å². The standard InChI is InChI=1S/C12H15NO/c1-8(2)12(13)11-7-9-5-3-4-6-10(9)14-11/h3-8,12H,13H2,1-2H3. The molecule has 0 aliphatic rings. The second-order valence-corrected chi connectivity index (χ2v) is 3.96. The number of hydrogen-bond donors (Lipinski definition) is 1. The summed E-state index contributed by atoms with van der Waals surface area (Å²) in [6, 6.07) is 9.99. The maximum absolute atomic E-state index is 6.01. The number of furan rings is 1. The highest BCUT2D eigenvalue weighted by Crippen LogP contribution is 2.26. The summed E-state index contributed by atoms with van der Waals surface area (Å²) in [5.74, 6) is 1.27. The molecule has 2 heteroatoms. The average Bonchev–Trinajstić information content (AvgIpc) is 2.59. The van der Waals surface area contributed by atoms with Crippen LogP contribution in [-0.4, -0.2) is 0 Å². The van der Waals surface area contributed by atoms with Gasteiger partial charge in [-0.2, -0.15) is 0 Å². The van der Waals surface area contributed by atoms with Crippen molar-refractivity contribution < 1.29 is 4.42 Å². The molecule has 1 aromatic heterocycles. The maximum Gasteiger partial charge on any atom is 0.134 e. The summed E-state index contributed by atoms with van der Waals surface area (Å²) in [5, 5.41) is 1.12. The van der Waals surface area contributed by atoms with Crippen LogP contribution in [0, 0.1) is 5.92 Å². The molecule has 1 aromatic carbocycles. The number of para-hydroxylation sites is 1. The Morgan fingerprint density at radius 2 is 1.93 bits per heavy atom. The summed E-state index contributed by atoms with van der Waals surface area (Å²) in [4.78, 5) is 0. The maximum atomic E-state index is 6.01. The summed E-state index contributed by atoms with van der Waals surface area (Å²) in [5.41, 5.74) is 6.92. The summed E-state index contributed by atoms with van der Waals surface area (Å²) in [6.07, 6.45) is 0. The van der Waals surface area contributed by atoms with E-state index in [1.807, 2.05) is 30.3 Å². The van der Waals surface area contributed by atoms with Crippen molar-refractivity contribution in [2.24, 2.45) is 11.7 Å². The van der Waals surface area contributed by atoms with Gasteiger partial charge in [0.1, 0.15) is 11.3 Å². The molecule has 1 unspecified atom stereocenters. The predicted octanol–water partition coefficient (Wildman–Crippen LogP) is 3.09. The van der Waals surface area contributed by atoms with E-state index in [-0.39, 0.29) is 6.04 Å².